The smallest absolute Gasteiger partial charge is 0.278 e. The Morgan fingerprint density at radius 1 is 0.897 bits per heavy atom. The number of carbonyl (C=O) groups is 2. The number of rotatable bonds is 5. The molecule has 0 saturated heterocycles. The maximum atomic E-state index is 13.4. The first kappa shape index (κ1) is 18.7. The number of benzene rings is 2. The standard InChI is InChI=1S/C24H22N2O3/c1-16-11-12-18(14-17(16)2)21-22(25(3)19-8-5-4-6-9-19)24(28)26(23(21)27)15-20-10-7-13-29-20/h4-14H,15H2,1-3H3. The highest BCUT2D eigenvalue weighted by Gasteiger charge is 2.41. The first-order valence-corrected chi connectivity index (χ1v) is 9.46. The van der Waals surface area contributed by atoms with Gasteiger partial charge in [-0.05, 0) is 54.8 Å². The van der Waals surface area contributed by atoms with Crippen molar-refractivity contribution in [3.8, 4) is 0 Å². The van der Waals surface area contributed by atoms with E-state index in [1.165, 1.54) is 11.2 Å². The van der Waals surface area contributed by atoms with Gasteiger partial charge in [0, 0.05) is 12.7 Å². The zero-order valence-corrected chi connectivity index (χ0v) is 16.7. The van der Waals surface area contributed by atoms with Gasteiger partial charge in [0.15, 0.2) is 0 Å². The molecule has 0 spiro atoms. The number of amides is 2. The van der Waals surface area contributed by atoms with E-state index in [0.29, 0.717) is 17.0 Å². The van der Waals surface area contributed by atoms with Crippen molar-refractivity contribution in [1.82, 2.24) is 4.90 Å². The van der Waals surface area contributed by atoms with E-state index < -0.39 is 0 Å². The Hall–Kier alpha value is -3.60. The van der Waals surface area contributed by atoms with E-state index in [1.807, 2.05) is 69.4 Å². The van der Waals surface area contributed by atoms with Crippen LogP contribution >= 0.6 is 0 Å². The van der Waals surface area contributed by atoms with Crippen LogP contribution in [0.4, 0.5) is 5.69 Å². The molecule has 0 N–H and O–H groups in total. The molecule has 0 fully saturated rings. The van der Waals surface area contributed by atoms with Gasteiger partial charge in [-0.25, -0.2) is 0 Å². The number of para-hydroxylation sites is 1. The minimum Gasteiger partial charge on any atom is -0.467 e. The molecular formula is C24H22N2O3. The highest BCUT2D eigenvalue weighted by Crippen LogP contribution is 2.34. The predicted molar refractivity (Wildman–Crippen MR) is 112 cm³/mol. The molecule has 0 bridgehead atoms. The summed E-state index contributed by atoms with van der Waals surface area (Å²) < 4.78 is 5.37. The first-order chi connectivity index (χ1) is 14.0. The number of carbonyl (C=O) groups excluding carboxylic acids is 2. The summed E-state index contributed by atoms with van der Waals surface area (Å²) in [6.07, 6.45) is 1.54. The van der Waals surface area contributed by atoms with E-state index in [9.17, 15) is 9.59 Å². The summed E-state index contributed by atoms with van der Waals surface area (Å²) in [4.78, 5) is 29.8. The molecule has 5 nitrogen and oxygen atoms in total. The van der Waals surface area contributed by atoms with Gasteiger partial charge in [0.1, 0.15) is 11.5 Å². The lowest BCUT2D eigenvalue weighted by Gasteiger charge is -2.21. The SMILES string of the molecule is Cc1ccc(C2=C(N(C)c3ccccc3)C(=O)N(Cc3ccco3)C2=O)cc1C. The summed E-state index contributed by atoms with van der Waals surface area (Å²) in [6.45, 7) is 4.13. The maximum absolute atomic E-state index is 13.4. The number of hydrogen-bond acceptors (Lipinski definition) is 4. The topological polar surface area (TPSA) is 53.8 Å². The lowest BCUT2D eigenvalue weighted by Crippen LogP contribution is -2.33. The first-order valence-electron chi connectivity index (χ1n) is 9.46. The van der Waals surface area contributed by atoms with Crippen LogP contribution in [0.25, 0.3) is 5.57 Å². The average Bonchev–Trinajstić information content (AvgIpc) is 3.32. The van der Waals surface area contributed by atoms with E-state index in [-0.39, 0.29) is 18.4 Å². The summed E-state index contributed by atoms with van der Waals surface area (Å²) in [5.41, 5.74) is 4.57. The summed E-state index contributed by atoms with van der Waals surface area (Å²) in [5, 5.41) is 0. The second kappa shape index (κ2) is 7.43. The van der Waals surface area contributed by atoms with Gasteiger partial charge in [-0.1, -0.05) is 36.4 Å². The molecule has 0 atom stereocenters. The highest BCUT2D eigenvalue weighted by molar-refractivity contribution is 6.36. The molecule has 1 aliphatic heterocycles. The molecule has 1 aromatic heterocycles. The predicted octanol–water partition coefficient (Wildman–Crippen LogP) is 4.31. The van der Waals surface area contributed by atoms with Gasteiger partial charge >= 0.3 is 0 Å². The van der Waals surface area contributed by atoms with Gasteiger partial charge in [0.25, 0.3) is 11.8 Å². The summed E-state index contributed by atoms with van der Waals surface area (Å²) in [7, 11) is 1.81. The number of anilines is 1. The molecule has 146 valence electrons. The van der Waals surface area contributed by atoms with E-state index in [1.54, 1.807) is 17.0 Å². The van der Waals surface area contributed by atoms with Gasteiger partial charge in [0.05, 0.1) is 18.4 Å². The Labute approximate surface area is 169 Å². The van der Waals surface area contributed by atoms with Crippen molar-refractivity contribution in [3.63, 3.8) is 0 Å². The molecule has 1 aliphatic rings. The van der Waals surface area contributed by atoms with Gasteiger partial charge in [-0.2, -0.15) is 0 Å². The van der Waals surface area contributed by atoms with Crippen molar-refractivity contribution in [2.75, 3.05) is 11.9 Å². The summed E-state index contributed by atoms with van der Waals surface area (Å²) >= 11 is 0. The molecule has 5 heteroatoms. The molecule has 0 radical (unpaired) electrons. The number of aryl methyl sites for hydroxylation is 2. The fourth-order valence-corrected chi connectivity index (χ4v) is 3.51. The van der Waals surface area contributed by atoms with Crippen LogP contribution < -0.4 is 4.90 Å². The van der Waals surface area contributed by atoms with Crippen molar-refractivity contribution in [3.05, 3.63) is 95.1 Å². The van der Waals surface area contributed by atoms with Crippen molar-refractivity contribution in [2.24, 2.45) is 0 Å². The second-order valence-corrected chi connectivity index (χ2v) is 7.19. The zero-order valence-electron chi connectivity index (χ0n) is 16.7. The lowest BCUT2D eigenvalue weighted by atomic mass is 9.99. The molecule has 2 heterocycles. The van der Waals surface area contributed by atoms with E-state index >= 15 is 0 Å². The van der Waals surface area contributed by atoms with Crippen molar-refractivity contribution < 1.29 is 14.0 Å². The Bertz CT molecular complexity index is 1100. The molecular weight excluding hydrogens is 364 g/mol. The van der Waals surface area contributed by atoms with Crippen LogP contribution in [-0.2, 0) is 16.1 Å². The van der Waals surface area contributed by atoms with Crippen molar-refractivity contribution in [2.45, 2.75) is 20.4 Å². The monoisotopic (exact) mass is 386 g/mol. The van der Waals surface area contributed by atoms with Crippen molar-refractivity contribution in [1.29, 1.82) is 0 Å². The Balaban J connectivity index is 1.83. The van der Waals surface area contributed by atoms with Gasteiger partial charge < -0.3 is 9.32 Å². The molecule has 3 aromatic rings. The molecule has 0 aliphatic carbocycles. The Morgan fingerprint density at radius 3 is 2.31 bits per heavy atom. The van der Waals surface area contributed by atoms with Crippen LogP contribution in [0.5, 0.6) is 0 Å². The quantitative estimate of drug-likeness (QED) is 0.613. The van der Waals surface area contributed by atoms with Crippen LogP contribution in [0.1, 0.15) is 22.5 Å². The minimum atomic E-state index is -0.328. The average molecular weight is 386 g/mol. The Kier molecular flexibility index (Phi) is 4.80. The van der Waals surface area contributed by atoms with Crippen LogP contribution in [0.2, 0.25) is 0 Å². The largest absolute Gasteiger partial charge is 0.467 e. The highest BCUT2D eigenvalue weighted by atomic mass is 16.3. The van der Waals surface area contributed by atoms with E-state index in [2.05, 4.69) is 0 Å². The number of furan rings is 1. The second-order valence-electron chi connectivity index (χ2n) is 7.19. The summed E-state index contributed by atoms with van der Waals surface area (Å²) in [6, 6.07) is 18.9. The van der Waals surface area contributed by atoms with Gasteiger partial charge in [-0.3, -0.25) is 14.5 Å². The molecule has 29 heavy (non-hydrogen) atoms. The van der Waals surface area contributed by atoms with Gasteiger partial charge in [0.2, 0.25) is 0 Å². The molecule has 0 unspecified atom stereocenters. The summed E-state index contributed by atoms with van der Waals surface area (Å²) in [5.74, 6) is -0.0758. The minimum absolute atomic E-state index is 0.102. The normalized spacial score (nSPS) is 14.1. The van der Waals surface area contributed by atoms with Crippen LogP contribution in [-0.4, -0.2) is 23.8 Å². The Morgan fingerprint density at radius 2 is 1.66 bits per heavy atom. The van der Waals surface area contributed by atoms with E-state index in [4.69, 9.17) is 4.42 Å². The third-order valence-corrected chi connectivity index (χ3v) is 5.31. The van der Waals surface area contributed by atoms with E-state index in [0.717, 1.165) is 22.4 Å². The molecule has 4 rings (SSSR count). The molecule has 2 aromatic carbocycles. The van der Waals surface area contributed by atoms with Crippen LogP contribution in [0.15, 0.2) is 77.0 Å². The number of hydrogen-bond donors (Lipinski definition) is 0. The van der Waals surface area contributed by atoms with Crippen LogP contribution in [0, 0.1) is 13.8 Å². The number of likely N-dealkylation sites (N-methyl/N-ethyl adjacent to an activating group) is 1. The fraction of sp³-hybridized carbons (Fsp3) is 0.167. The fourth-order valence-electron chi connectivity index (χ4n) is 3.51. The number of nitrogens with zero attached hydrogens (tertiary/aromatic N) is 2. The zero-order chi connectivity index (χ0) is 20.5. The third-order valence-electron chi connectivity index (χ3n) is 5.31. The maximum Gasteiger partial charge on any atom is 0.278 e. The number of imide groups is 1. The van der Waals surface area contributed by atoms with Crippen LogP contribution in [0.3, 0.4) is 0 Å². The van der Waals surface area contributed by atoms with Gasteiger partial charge in [-0.15, -0.1) is 0 Å². The third kappa shape index (κ3) is 3.36. The molecule has 2 amide bonds. The van der Waals surface area contributed by atoms with Crippen molar-refractivity contribution >= 4 is 23.1 Å². The molecule has 0 saturated carbocycles. The lowest BCUT2D eigenvalue weighted by molar-refractivity contribution is -0.137.